The number of benzene rings is 2. The summed E-state index contributed by atoms with van der Waals surface area (Å²) in [5.74, 6) is 0.383. The predicted octanol–water partition coefficient (Wildman–Crippen LogP) is 2.83. The molecule has 1 heterocycles. The van der Waals surface area contributed by atoms with Gasteiger partial charge in [0, 0.05) is 31.4 Å². The molecule has 1 aromatic heterocycles. The molecule has 2 aromatic carbocycles. The van der Waals surface area contributed by atoms with Gasteiger partial charge in [-0.3, -0.25) is 14.9 Å². The first-order chi connectivity index (χ1) is 14.0. The van der Waals surface area contributed by atoms with Crippen molar-refractivity contribution in [2.45, 2.75) is 0 Å². The molecule has 3 aromatic rings. The van der Waals surface area contributed by atoms with E-state index in [-0.39, 0.29) is 11.6 Å². The Labute approximate surface area is 167 Å². The van der Waals surface area contributed by atoms with E-state index in [1.807, 2.05) is 12.1 Å². The average Bonchev–Trinajstić information content (AvgIpc) is 3.19. The van der Waals surface area contributed by atoms with E-state index in [1.54, 1.807) is 44.6 Å². The zero-order chi connectivity index (χ0) is 20.8. The van der Waals surface area contributed by atoms with Crippen LogP contribution in [0.4, 0.5) is 5.69 Å². The summed E-state index contributed by atoms with van der Waals surface area (Å²) in [4.78, 5) is 23.1. The monoisotopic (exact) mass is 396 g/mol. The summed E-state index contributed by atoms with van der Waals surface area (Å²) in [6.07, 6.45) is 0. The molecule has 0 saturated heterocycles. The molecule has 0 radical (unpaired) electrons. The lowest BCUT2D eigenvalue weighted by Crippen LogP contribution is -2.28. The Morgan fingerprint density at radius 3 is 2.41 bits per heavy atom. The molecule has 0 unspecified atom stereocenters. The average molecular weight is 396 g/mol. The summed E-state index contributed by atoms with van der Waals surface area (Å²) in [6, 6.07) is 14.8. The van der Waals surface area contributed by atoms with Gasteiger partial charge < -0.3 is 14.8 Å². The molecule has 0 atom stereocenters. The van der Waals surface area contributed by atoms with Gasteiger partial charge >= 0.3 is 0 Å². The second-order valence-corrected chi connectivity index (χ2v) is 6.08. The minimum Gasteiger partial charge on any atom is -0.497 e. The quantitative estimate of drug-likeness (QED) is 0.356. The van der Waals surface area contributed by atoms with Crippen LogP contribution in [0.5, 0.6) is 5.75 Å². The van der Waals surface area contributed by atoms with Crippen LogP contribution in [0.15, 0.2) is 54.6 Å². The first-order valence-electron chi connectivity index (χ1n) is 8.80. The van der Waals surface area contributed by atoms with Gasteiger partial charge in [-0.05, 0) is 42.5 Å². The molecular weight excluding hydrogens is 376 g/mol. The third-order valence-electron chi connectivity index (χ3n) is 4.22. The van der Waals surface area contributed by atoms with Crippen LogP contribution < -0.4 is 10.1 Å². The molecule has 9 nitrogen and oxygen atoms in total. The van der Waals surface area contributed by atoms with Gasteiger partial charge in [-0.1, -0.05) is 0 Å². The Balaban J connectivity index is 2.00. The number of nitro benzene ring substituents is 1. The van der Waals surface area contributed by atoms with Crippen molar-refractivity contribution in [3.05, 3.63) is 70.4 Å². The van der Waals surface area contributed by atoms with E-state index in [0.29, 0.717) is 36.0 Å². The Hall–Kier alpha value is -3.72. The molecule has 0 aliphatic carbocycles. The van der Waals surface area contributed by atoms with Gasteiger partial charge in [0.1, 0.15) is 11.4 Å². The lowest BCUT2D eigenvalue weighted by Gasteiger charge is -2.08. The lowest BCUT2D eigenvalue weighted by atomic mass is 10.1. The third-order valence-corrected chi connectivity index (χ3v) is 4.22. The number of aromatic nitrogens is 2. The Bertz CT molecular complexity index is 997. The van der Waals surface area contributed by atoms with Crippen LogP contribution in [0.25, 0.3) is 16.9 Å². The van der Waals surface area contributed by atoms with E-state index >= 15 is 0 Å². The molecule has 0 aliphatic heterocycles. The highest BCUT2D eigenvalue weighted by atomic mass is 16.6. The first-order valence-corrected chi connectivity index (χ1v) is 8.80. The van der Waals surface area contributed by atoms with Crippen molar-refractivity contribution in [3.63, 3.8) is 0 Å². The number of nitrogens with zero attached hydrogens (tertiary/aromatic N) is 3. The highest BCUT2D eigenvalue weighted by Crippen LogP contribution is 2.25. The van der Waals surface area contributed by atoms with Crippen LogP contribution >= 0.6 is 0 Å². The number of nitrogens with one attached hydrogen (secondary N) is 1. The van der Waals surface area contributed by atoms with Crippen LogP contribution in [0, 0.1) is 10.1 Å². The molecule has 0 aliphatic rings. The van der Waals surface area contributed by atoms with Crippen LogP contribution in [0.1, 0.15) is 10.5 Å². The highest BCUT2D eigenvalue weighted by molar-refractivity contribution is 5.94. The molecule has 0 bridgehead atoms. The Kier molecular flexibility index (Phi) is 6.20. The van der Waals surface area contributed by atoms with Crippen molar-refractivity contribution in [2.24, 2.45) is 0 Å². The summed E-state index contributed by atoms with van der Waals surface area (Å²) in [5.41, 5.74) is 2.19. The number of carbonyl (C=O) groups excluding carboxylic acids is 1. The van der Waals surface area contributed by atoms with E-state index in [4.69, 9.17) is 9.47 Å². The van der Waals surface area contributed by atoms with Crippen molar-refractivity contribution in [1.29, 1.82) is 0 Å². The fourth-order valence-electron chi connectivity index (χ4n) is 2.72. The number of amides is 1. The Morgan fingerprint density at radius 2 is 1.83 bits per heavy atom. The molecule has 9 heteroatoms. The predicted molar refractivity (Wildman–Crippen MR) is 106 cm³/mol. The van der Waals surface area contributed by atoms with Gasteiger partial charge in [-0.2, -0.15) is 5.10 Å². The minimum atomic E-state index is -0.478. The molecule has 0 saturated carbocycles. The smallest absolute Gasteiger partial charge is 0.270 e. The van der Waals surface area contributed by atoms with Gasteiger partial charge in [0.15, 0.2) is 0 Å². The van der Waals surface area contributed by atoms with Gasteiger partial charge in [-0.15, -0.1) is 0 Å². The van der Waals surface area contributed by atoms with E-state index in [9.17, 15) is 14.9 Å². The van der Waals surface area contributed by atoms with E-state index < -0.39 is 4.92 Å². The van der Waals surface area contributed by atoms with Gasteiger partial charge in [0.25, 0.3) is 11.6 Å². The fourth-order valence-corrected chi connectivity index (χ4v) is 2.72. The number of non-ortho nitro benzene ring substituents is 1. The largest absolute Gasteiger partial charge is 0.497 e. The number of carbonyl (C=O) groups is 1. The SMILES string of the molecule is COCCNC(=O)c1cc(-c2ccc(OC)cc2)nn1-c1ccc([N+](=O)[O-])cc1. The number of nitro groups is 1. The molecular formula is C20H20N4O5. The van der Waals surface area contributed by atoms with Crippen LogP contribution in [0.3, 0.4) is 0 Å². The van der Waals surface area contributed by atoms with Gasteiger partial charge in [0.2, 0.25) is 0 Å². The summed E-state index contributed by atoms with van der Waals surface area (Å²) < 4.78 is 11.6. The van der Waals surface area contributed by atoms with E-state index in [0.717, 1.165) is 5.56 Å². The molecule has 0 spiro atoms. The summed E-state index contributed by atoms with van der Waals surface area (Å²) in [5, 5.41) is 18.2. The second kappa shape index (κ2) is 8.98. The van der Waals surface area contributed by atoms with Crippen LogP contribution in [-0.2, 0) is 4.74 Å². The minimum absolute atomic E-state index is 0.0395. The molecule has 150 valence electrons. The molecule has 1 amide bonds. The molecule has 0 fully saturated rings. The number of methoxy groups -OCH3 is 2. The maximum Gasteiger partial charge on any atom is 0.270 e. The van der Waals surface area contributed by atoms with Crippen LogP contribution in [-0.4, -0.2) is 48.0 Å². The number of hydrogen-bond donors (Lipinski definition) is 1. The third kappa shape index (κ3) is 4.58. The van der Waals surface area contributed by atoms with Crippen LogP contribution in [0.2, 0.25) is 0 Å². The second-order valence-electron chi connectivity index (χ2n) is 6.08. The fraction of sp³-hybridized carbons (Fsp3) is 0.200. The topological polar surface area (TPSA) is 109 Å². The zero-order valence-corrected chi connectivity index (χ0v) is 16.0. The van der Waals surface area contributed by atoms with Crippen molar-refractivity contribution in [2.75, 3.05) is 27.4 Å². The molecule has 1 N–H and O–H groups in total. The summed E-state index contributed by atoms with van der Waals surface area (Å²) in [7, 11) is 3.13. The maximum absolute atomic E-state index is 12.7. The van der Waals surface area contributed by atoms with Crippen molar-refractivity contribution in [3.8, 4) is 22.7 Å². The lowest BCUT2D eigenvalue weighted by molar-refractivity contribution is -0.384. The van der Waals surface area contributed by atoms with Crippen molar-refractivity contribution in [1.82, 2.24) is 15.1 Å². The normalized spacial score (nSPS) is 10.6. The standard InChI is InChI=1S/C20H20N4O5/c1-28-12-11-21-20(25)19-13-18(14-3-9-17(29-2)10-4-14)22-23(19)15-5-7-16(8-6-15)24(26)27/h3-10,13H,11-12H2,1-2H3,(H,21,25). The van der Waals surface area contributed by atoms with Crippen molar-refractivity contribution >= 4 is 11.6 Å². The number of hydrogen-bond acceptors (Lipinski definition) is 6. The Morgan fingerprint density at radius 1 is 1.14 bits per heavy atom. The molecule has 3 rings (SSSR count). The van der Waals surface area contributed by atoms with Crippen molar-refractivity contribution < 1.29 is 19.2 Å². The number of ether oxygens (including phenoxy) is 2. The highest BCUT2D eigenvalue weighted by Gasteiger charge is 2.18. The van der Waals surface area contributed by atoms with E-state index in [1.165, 1.54) is 16.8 Å². The van der Waals surface area contributed by atoms with Gasteiger partial charge in [0.05, 0.1) is 30.0 Å². The molecule has 29 heavy (non-hydrogen) atoms. The summed E-state index contributed by atoms with van der Waals surface area (Å²) in [6.45, 7) is 0.724. The van der Waals surface area contributed by atoms with Gasteiger partial charge in [-0.25, -0.2) is 4.68 Å². The number of rotatable bonds is 8. The summed E-state index contributed by atoms with van der Waals surface area (Å²) >= 11 is 0. The first kappa shape index (κ1) is 20.0. The van der Waals surface area contributed by atoms with E-state index in [2.05, 4.69) is 10.4 Å². The zero-order valence-electron chi connectivity index (χ0n) is 16.0. The maximum atomic E-state index is 12.7.